The lowest BCUT2D eigenvalue weighted by atomic mass is 9.90. The molecule has 0 atom stereocenters. The molecule has 0 radical (unpaired) electrons. The molecule has 0 bridgehead atoms. The van der Waals surface area contributed by atoms with Crippen LogP contribution >= 0.6 is 11.3 Å². The van der Waals surface area contributed by atoms with Crippen molar-refractivity contribution >= 4 is 32.2 Å². The molecule has 0 fully saturated rings. The zero-order chi connectivity index (χ0) is 21.8. The van der Waals surface area contributed by atoms with Crippen LogP contribution in [0.25, 0.3) is 53.7 Å². The van der Waals surface area contributed by atoms with Crippen molar-refractivity contribution in [3.05, 3.63) is 109 Å². The Bertz CT molecular complexity index is 1660. The molecular weight excluding hydrogens is 420 g/mol. The SMILES string of the molecule is c1ccc(-c2cc(-c3nccc4sc5c(c34)CCc3ncccc3-5)cc3ccccc23)cc1. The second-order valence-electron chi connectivity index (χ2n) is 8.55. The summed E-state index contributed by atoms with van der Waals surface area (Å²) in [5.41, 5.74) is 8.66. The van der Waals surface area contributed by atoms with Gasteiger partial charge in [-0.3, -0.25) is 9.97 Å². The minimum atomic E-state index is 0.982. The third-order valence-corrected chi connectivity index (χ3v) is 7.90. The molecule has 3 heteroatoms. The summed E-state index contributed by atoms with van der Waals surface area (Å²) in [5, 5.41) is 3.82. The average Bonchev–Trinajstić information content (AvgIpc) is 3.28. The maximum atomic E-state index is 4.95. The number of thiophene rings is 1. The van der Waals surface area contributed by atoms with Gasteiger partial charge in [0.05, 0.1) is 5.69 Å². The van der Waals surface area contributed by atoms with Gasteiger partial charge in [-0.25, -0.2) is 0 Å². The van der Waals surface area contributed by atoms with Gasteiger partial charge >= 0.3 is 0 Å². The van der Waals surface area contributed by atoms with E-state index in [0.717, 1.165) is 18.5 Å². The maximum Gasteiger partial charge on any atom is 0.0792 e. The van der Waals surface area contributed by atoms with Crippen molar-refractivity contribution in [2.24, 2.45) is 0 Å². The molecule has 0 amide bonds. The molecule has 156 valence electrons. The average molecular weight is 441 g/mol. The Balaban J connectivity index is 1.52. The van der Waals surface area contributed by atoms with E-state index in [9.17, 15) is 0 Å². The minimum Gasteiger partial charge on any atom is -0.261 e. The van der Waals surface area contributed by atoms with Gasteiger partial charge < -0.3 is 0 Å². The van der Waals surface area contributed by atoms with Crippen molar-refractivity contribution in [1.29, 1.82) is 0 Å². The van der Waals surface area contributed by atoms with Crippen molar-refractivity contribution in [3.63, 3.8) is 0 Å². The van der Waals surface area contributed by atoms with Crippen LogP contribution < -0.4 is 0 Å². The van der Waals surface area contributed by atoms with Gasteiger partial charge in [0.1, 0.15) is 0 Å². The topological polar surface area (TPSA) is 25.8 Å². The maximum absolute atomic E-state index is 4.95. The first-order chi connectivity index (χ1) is 16.4. The standard InChI is InChI=1S/C30H20N2S/c1-2-7-19(8-3-1)25-18-21(17-20-9-4-5-10-22(20)25)29-28-24-12-13-26-23(11-6-15-31-26)30(24)33-27(28)14-16-32-29/h1-11,14-18H,12-13H2. The molecule has 1 aliphatic rings. The van der Waals surface area contributed by atoms with Crippen LogP contribution in [0.15, 0.2) is 97.3 Å². The van der Waals surface area contributed by atoms with Gasteiger partial charge in [-0.2, -0.15) is 0 Å². The normalized spacial score (nSPS) is 12.6. The molecule has 3 aromatic heterocycles. The van der Waals surface area contributed by atoms with E-state index in [-0.39, 0.29) is 0 Å². The predicted octanol–water partition coefficient (Wildman–Crippen LogP) is 7.94. The van der Waals surface area contributed by atoms with Gasteiger partial charge in [-0.1, -0.05) is 60.7 Å². The van der Waals surface area contributed by atoms with Crippen LogP contribution in [0.2, 0.25) is 0 Å². The highest BCUT2D eigenvalue weighted by Crippen LogP contribution is 2.46. The first-order valence-corrected chi connectivity index (χ1v) is 12.1. The van der Waals surface area contributed by atoms with E-state index in [1.54, 1.807) is 0 Å². The van der Waals surface area contributed by atoms with Crippen LogP contribution in [0.5, 0.6) is 0 Å². The quantitative estimate of drug-likeness (QED) is 0.273. The second kappa shape index (κ2) is 7.36. The molecule has 2 nitrogen and oxygen atoms in total. The van der Waals surface area contributed by atoms with Crippen molar-refractivity contribution < 1.29 is 0 Å². The van der Waals surface area contributed by atoms with E-state index in [1.807, 2.05) is 29.8 Å². The lowest BCUT2D eigenvalue weighted by Gasteiger charge is -2.16. The summed E-state index contributed by atoms with van der Waals surface area (Å²) < 4.78 is 1.30. The molecule has 3 heterocycles. The highest BCUT2D eigenvalue weighted by atomic mass is 32.1. The number of nitrogens with zero attached hydrogens (tertiary/aromatic N) is 2. The molecule has 0 unspecified atom stereocenters. The lowest BCUT2D eigenvalue weighted by Crippen LogP contribution is -2.03. The molecule has 0 aliphatic heterocycles. The Kier molecular flexibility index (Phi) is 4.18. The van der Waals surface area contributed by atoms with E-state index in [0.29, 0.717) is 0 Å². The molecular formula is C30H20N2S. The van der Waals surface area contributed by atoms with Crippen LogP contribution in [0.3, 0.4) is 0 Å². The Morgan fingerprint density at radius 2 is 1.55 bits per heavy atom. The monoisotopic (exact) mass is 440 g/mol. The highest BCUT2D eigenvalue weighted by Gasteiger charge is 2.24. The fraction of sp³-hybridized carbons (Fsp3) is 0.0667. The van der Waals surface area contributed by atoms with Crippen LogP contribution in [0.1, 0.15) is 11.3 Å². The number of aromatic nitrogens is 2. The van der Waals surface area contributed by atoms with E-state index in [1.165, 1.54) is 59.2 Å². The van der Waals surface area contributed by atoms with Crippen molar-refractivity contribution in [2.45, 2.75) is 12.8 Å². The molecule has 0 N–H and O–H groups in total. The summed E-state index contributed by atoms with van der Waals surface area (Å²) in [6.45, 7) is 0. The Morgan fingerprint density at radius 3 is 2.48 bits per heavy atom. The number of fused-ring (bicyclic) bond motifs is 6. The largest absolute Gasteiger partial charge is 0.261 e. The number of hydrogen-bond acceptors (Lipinski definition) is 3. The summed E-state index contributed by atoms with van der Waals surface area (Å²) in [7, 11) is 0. The van der Waals surface area contributed by atoms with Crippen molar-refractivity contribution in [1.82, 2.24) is 9.97 Å². The predicted molar refractivity (Wildman–Crippen MR) is 139 cm³/mol. The summed E-state index contributed by atoms with van der Waals surface area (Å²) in [6, 6.07) is 30.4. The summed E-state index contributed by atoms with van der Waals surface area (Å²) in [5.74, 6) is 0. The van der Waals surface area contributed by atoms with Gasteiger partial charge in [-0.15, -0.1) is 11.3 Å². The van der Waals surface area contributed by atoms with Gasteiger partial charge in [0.2, 0.25) is 0 Å². The first kappa shape index (κ1) is 18.7. The fourth-order valence-electron chi connectivity index (χ4n) is 5.17. The first-order valence-electron chi connectivity index (χ1n) is 11.3. The highest BCUT2D eigenvalue weighted by molar-refractivity contribution is 7.22. The number of rotatable bonds is 2. The molecule has 6 aromatic rings. The smallest absolute Gasteiger partial charge is 0.0792 e. The van der Waals surface area contributed by atoms with Gasteiger partial charge in [0.15, 0.2) is 0 Å². The summed E-state index contributed by atoms with van der Waals surface area (Å²) >= 11 is 1.88. The molecule has 0 saturated carbocycles. The second-order valence-corrected chi connectivity index (χ2v) is 9.60. The molecule has 0 saturated heterocycles. The third kappa shape index (κ3) is 2.93. The Labute approximate surface area is 196 Å². The zero-order valence-corrected chi connectivity index (χ0v) is 18.8. The van der Waals surface area contributed by atoms with Crippen LogP contribution in [0.4, 0.5) is 0 Å². The van der Waals surface area contributed by atoms with Crippen molar-refractivity contribution in [2.75, 3.05) is 0 Å². The molecule has 0 spiro atoms. The molecule has 33 heavy (non-hydrogen) atoms. The minimum absolute atomic E-state index is 0.982. The summed E-state index contributed by atoms with van der Waals surface area (Å²) in [4.78, 5) is 10.9. The van der Waals surface area contributed by atoms with E-state index in [4.69, 9.17) is 4.98 Å². The Morgan fingerprint density at radius 1 is 0.667 bits per heavy atom. The van der Waals surface area contributed by atoms with E-state index < -0.39 is 0 Å². The zero-order valence-electron chi connectivity index (χ0n) is 18.0. The van der Waals surface area contributed by atoms with Crippen LogP contribution in [0, 0.1) is 0 Å². The number of hydrogen-bond donors (Lipinski definition) is 0. The van der Waals surface area contributed by atoms with Crippen LogP contribution in [-0.2, 0) is 12.8 Å². The lowest BCUT2D eigenvalue weighted by molar-refractivity contribution is 0.908. The molecule has 1 aliphatic carbocycles. The fourth-order valence-corrected chi connectivity index (χ4v) is 6.47. The third-order valence-electron chi connectivity index (χ3n) is 6.67. The van der Waals surface area contributed by atoms with E-state index in [2.05, 4.69) is 83.8 Å². The molecule has 7 rings (SSSR count). The number of pyridine rings is 2. The summed E-state index contributed by atoms with van der Waals surface area (Å²) in [6.07, 6.45) is 5.86. The van der Waals surface area contributed by atoms with Gasteiger partial charge in [0.25, 0.3) is 0 Å². The molecule has 3 aromatic carbocycles. The van der Waals surface area contributed by atoms with Gasteiger partial charge in [-0.05, 0) is 64.6 Å². The van der Waals surface area contributed by atoms with E-state index >= 15 is 0 Å². The number of benzene rings is 3. The number of aryl methyl sites for hydroxylation is 2. The van der Waals surface area contributed by atoms with Gasteiger partial charge in [0, 0.05) is 44.2 Å². The van der Waals surface area contributed by atoms with Crippen LogP contribution in [-0.4, -0.2) is 9.97 Å². The Hall–Kier alpha value is -3.82. The van der Waals surface area contributed by atoms with Crippen molar-refractivity contribution in [3.8, 4) is 32.8 Å².